The van der Waals surface area contributed by atoms with Crippen molar-refractivity contribution in [3.63, 3.8) is 0 Å². The number of carbonyl (C=O) groups is 1. The smallest absolute Gasteiger partial charge is 0.305 e. The Kier molecular flexibility index (Phi) is 6.53. The Bertz CT molecular complexity index is 1070. The third-order valence-corrected chi connectivity index (χ3v) is 5.96. The standard InChI is InChI=1S/C23H23ClN4O2S/c1-30-20(29)11-6-14-28-22(21(26-23(28)31)18-9-2-3-12-25-18)19-10-5-13-27(19)17-8-4-7-16(24)15-17/h2-5,7-10,12-13,15,21-22H,6,11,14H2,1H3,(H,26,31)/t21-,22+/m0/s1. The molecular formula is C23H23ClN4O2S. The average Bonchev–Trinajstić information content (AvgIpc) is 3.39. The fourth-order valence-electron chi connectivity index (χ4n) is 3.96. The number of aromatic nitrogens is 2. The van der Waals surface area contributed by atoms with E-state index in [2.05, 4.69) is 25.8 Å². The van der Waals surface area contributed by atoms with Crippen molar-refractivity contribution in [1.82, 2.24) is 19.8 Å². The SMILES string of the molecule is COC(=O)CCCN1C(=S)N[C@@H](c2ccccn2)[C@H]1c1cccn1-c1cccc(Cl)c1. The number of nitrogens with zero attached hydrogens (tertiary/aromatic N) is 3. The predicted molar refractivity (Wildman–Crippen MR) is 124 cm³/mol. The van der Waals surface area contributed by atoms with Crippen LogP contribution in [0.5, 0.6) is 0 Å². The van der Waals surface area contributed by atoms with Gasteiger partial charge in [0.15, 0.2) is 5.11 Å². The molecule has 1 fully saturated rings. The Morgan fingerprint density at radius 3 is 2.84 bits per heavy atom. The number of benzene rings is 1. The topological polar surface area (TPSA) is 59.4 Å². The van der Waals surface area contributed by atoms with Crippen LogP contribution in [0.25, 0.3) is 5.69 Å². The van der Waals surface area contributed by atoms with Crippen molar-refractivity contribution in [3.05, 3.63) is 83.4 Å². The van der Waals surface area contributed by atoms with Gasteiger partial charge in [0.05, 0.1) is 24.9 Å². The maximum absolute atomic E-state index is 11.6. The molecule has 160 valence electrons. The zero-order valence-corrected chi connectivity index (χ0v) is 18.6. The number of carbonyl (C=O) groups excluding carboxylic acids is 1. The number of methoxy groups -OCH3 is 1. The summed E-state index contributed by atoms with van der Waals surface area (Å²) >= 11 is 11.9. The molecule has 2 aromatic heterocycles. The monoisotopic (exact) mass is 454 g/mol. The fourth-order valence-corrected chi connectivity index (χ4v) is 4.48. The van der Waals surface area contributed by atoms with Crippen LogP contribution in [-0.2, 0) is 9.53 Å². The van der Waals surface area contributed by atoms with Crippen LogP contribution in [0.15, 0.2) is 67.0 Å². The van der Waals surface area contributed by atoms with Gasteiger partial charge in [-0.2, -0.15) is 0 Å². The van der Waals surface area contributed by atoms with E-state index in [0.717, 1.165) is 17.1 Å². The molecule has 6 nitrogen and oxygen atoms in total. The molecule has 1 aliphatic rings. The average molecular weight is 455 g/mol. The second-order valence-corrected chi connectivity index (χ2v) is 8.11. The maximum atomic E-state index is 11.6. The number of esters is 1. The van der Waals surface area contributed by atoms with E-state index in [1.165, 1.54) is 7.11 Å². The van der Waals surface area contributed by atoms with Crippen LogP contribution in [-0.4, -0.2) is 39.2 Å². The quantitative estimate of drug-likeness (QED) is 0.420. The lowest BCUT2D eigenvalue weighted by atomic mass is 10.0. The Hall–Kier alpha value is -2.90. The highest BCUT2D eigenvalue weighted by atomic mass is 35.5. The number of halogens is 1. The zero-order chi connectivity index (χ0) is 21.8. The minimum atomic E-state index is -0.224. The number of nitrogens with one attached hydrogen (secondary N) is 1. The lowest BCUT2D eigenvalue weighted by molar-refractivity contribution is -0.140. The minimum absolute atomic E-state index is 0.103. The summed E-state index contributed by atoms with van der Waals surface area (Å²) in [6.07, 6.45) is 4.78. The van der Waals surface area contributed by atoms with Gasteiger partial charge in [0, 0.05) is 41.8 Å². The van der Waals surface area contributed by atoms with Gasteiger partial charge in [-0.15, -0.1) is 0 Å². The number of hydrogen-bond acceptors (Lipinski definition) is 4. The summed E-state index contributed by atoms with van der Waals surface area (Å²) < 4.78 is 6.91. The first-order valence-electron chi connectivity index (χ1n) is 10.1. The summed E-state index contributed by atoms with van der Waals surface area (Å²) in [6.45, 7) is 0.621. The summed E-state index contributed by atoms with van der Waals surface area (Å²) in [6, 6.07) is 17.5. The van der Waals surface area contributed by atoms with Crippen LogP contribution < -0.4 is 5.32 Å². The Labute approximate surface area is 191 Å². The van der Waals surface area contributed by atoms with Crippen LogP contribution in [0, 0.1) is 0 Å². The number of ether oxygens (including phenoxy) is 1. The molecule has 4 rings (SSSR count). The molecule has 0 aliphatic carbocycles. The second-order valence-electron chi connectivity index (χ2n) is 7.28. The van der Waals surface area contributed by atoms with Gasteiger partial charge in [-0.1, -0.05) is 23.7 Å². The van der Waals surface area contributed by atoms with E-state index >= 15 is 0 Å². The van der Waals surface area contributed by atoms with Gasteiger partial charge in [-0.3, -0.25) is 9.78 Å². The molecule has 0 unspecified atom stereocenters. The van der Waals surface area contributed by atoms with Crippen LogP contribution >= 0.6 is 23.8 Å². The molecule has 0 amide bonds. The summed E-state index contributed by atoms with van der Waals surface area (Å²) in [5, 5.41) is 4.76. The van der Waals surface area contributed by atoms with Gasteiger partial charge >= 0.3 is 5.97 Å². The minimum Gasteiger partial charge on any atom is -0.469 e. The van der Waals surface area contributed by atoms with Gasteiger partial charge in [0.2, 0.25) is 0 Å². The van der Waals surface area contributed by atoms with E-state index in [1.54, 1.807) is 6.20 Å². The number of pyridine rings is 1. The van der Waals surface area contributed by atoms with Gasteiger partial charge < -0.3 is 19.5 Å². The summed E-state index contributed by atoms with van der Waals surface area (Å²) in [7, 11) is 1.40. The van der Waals surface area contributed by atoms with E-state index in [0.29, 0.717) is 29.5 Å². The van der Waals surface area contributed by atoms with Gasteiger partial charge in [-0.25, -0.2) is 0 Å². The first kappa shape index (κ1) is 21.3. The number of thiocarbonyl (C=S) groups is 1. The van der Waals surface area contributed by atoms with E-state index < -0.39 is 0 Å². The van der Waals surface area contributed by atoms with Crippen LogP contribution in [0.2, 0.25) is 5.02 Å². The summed E-state index contributed by atoms with van der Waals surface area (Å²) in [5.74, 6) is -0.224. The Morgan fingerprint density at radius 2 is 2.10 bits per heavy atom. The maximum Gasteiger partial charge on any atom is 0.305 e. The number of hydrogen-bond donors (Lipinski definition) is 1. The molecule has 8 heteroatoms. The highest BCUT2D eigenvalue weighted by Gasteiger charge is 2.41. The first-order chi connectivity index (χ1) is 15.1. The molecule has 0 saturated carbocycles. The molecule has 1 aromatic carbocycles. The molecule has 2 atom stereocenters. The molecule has 0 spiro atoms. The third-order valence-electron chi connectivity index (χ3n) is 5.38. The van der Waals surface area contributed by atoms with Crippen molar-refractivity contribution in [2.24, 2.45) is 0 Å². The van der Waals surface area contributed by atoms with E-state index in [1.807, 2.05) is 54.7 Å². The molecule has 3 heterocycles. The van der Waals surface area contributed by atoms with E-state index in [-0.39, 0.29) is 18.1 Å². The van der Waals surface area contributed by atoms with Crippen molar-refractivity contribution in [2.45, 2.75) is 24.9 Å². The Balaban J connectivity index is 1.72. The lowest BCUT2D eigenvalue weighted by Gasteiger charge is -2.29. The van der Waals surface area contributed by atoms with Crippen molar-refractivity contribution in [1.29, 1.82) is 0 Å². The third kappa shape index (κ3) is 4.57. The van der Waals surface area contributed by atoms with E-state index in [9.17, 15) is 4.79 Å². The molecule has 1 saturated heterocycles. The second kappa shape index (κ2) is 9.49. The fraction of sp³-hybridized carbons (Fsp3) is 0.261. The highest BCUT2D eigenvalue weighted by Crippen LogP contribution is 2.39. The molecule has 1 N–H and O–H groups in total. The van der Waals surface area contributed by atoms with Gasteiger partial charge in [0.1, 0.15) is 0 Å². The predicted octanol–water partition coefficient (Wildman–Crippen LogP) is 4.45. The van der Waals surface area contributed by atoms with Crippen molar-refractivity contribution in [2.75, 3.05) is 13.7 Å². The molecular weight excluding hydrogens is 432 g/mol. The summed E-state index contributed by atoms with van der Waals surface area (Å²) in [4.78, 5) is 18.3. The van der Waals surface area contributed by atoms with Crippen molar-refractivity contribution in [3.8, 4) is 5.69 Å². The molecule has 0 bridgehead atoms. The largest absolute Gasteiger partial charge is 0.469 e. The first-order valence-corrected chi connectivity index (χ1v) is 10.8. The lowest BCUT2D eigenvalue weighted by Crippen LogP contribution is -2.31. The zero-order valence-electron chi connectivity index (χ0n) is 17.1. The normalized spacial score (nSPS) is 18.1. The van der Waals surface area contributed by atoms with Crippen molar-refractivity contribution < 1.29 is 9.53 Å². The molecule has 1 aliphatic heterocycles. The van der Waals surface area contributed by atoms with Gasteiger partial charge in [-0.05, 0) is 61.1 Å². The Morgan fingerprint density at radius 1 is 1.23 bits per heavy atom. The molecule has 0 radical (unpaired) electrons. The van der Waals surface area contributed by atoms with Gasteiger partial charge in [0.25, 0.3) is 0 Å². The van der Waals surface area contributed by atoms with Crippen LogP contribution in [0.1, 0.15) is 36.3 Å². The van der Waals surface area contributed by atoms with E-state index in [4.69, 9.17) is 28.6 Å². The van der Waals surface area contributed by atoms with Crippen molar-refractivity contribution >= 4 is 34.9 Å². The van der Waals surface area contributed by atoms with Crippen LogP contribution in [0.3, 0.4) is 0 Å². The van der Waals surface area contributed by atoms with Crippen LogP contribution in [0.4, 0.5) is 0 Å². The molecule has 3 aromatic rings. The summed E-state index contributed by atoms with van der Waals surface area (Å²) in [5.41, 5.74) is 2.94. The molecule has 31 heavy (non-hydrogen) atoms. The highest BCUT2D eigenvalue weighted by molar-refractivity contribution is 7.80. The number of rotatable bonds is 7.